The molecule has 1 aromatic carbocycles. The lowest BCUT2D eigenvalue weighted by molar-refractivity contribution is 0.0922. The zero-order valence-electron chi connectivity index (χ0n) is 12.1. The number of hydrogen-bond acceptors (Lipinski definition) is 2. The van der Waals surface area contributed by atoms with Crippen molar-refractivity contribution in [2.24, 2.45) is 5.92 Å². The zero-order chi connectivity index (χ0) is 15.7. The maximum absolute atomic E-state index is 13.7. The molecule has 0 radical (unpaired) electrons. The molecular weight excluding hydrogens is 286 g/mol. The summed E-state index contributed by atoms with van der Waals surface area (Å²) in [4.78, 5) is 16.6. The highest BCUT2D eigenvalue weighted by atomic mass is 19.1. The maximum Gasteiger partial charge on any atom is 0.257 e. The van der Waals surface area contributed by atoms with Crippen molar-refractivity contribution in [1.82, 2.24) is 10.3 Å². The molecule has 1 aliphatic carbocycles. The highest BCUT2D eigenvalue weighted by Gasteiger charge is 2.35. The zero-order valence-corrected chi connectivity index (χ0v) is 12.1. The molecule has 1 unspecified atom stereocenters. The van der Waals surface area contributed by atoms with Gasteiger partial charge in [0, 0.05) is 6.20 Å². The minimum absolute atomic E-state index is 0.271. The summed E-state index contributed by atoms with van der Waals surface area (Å²) in [6, 6.07) is 6.84. The fourth-order valence-electron chi connectivity index (χ4n) is 2.52. The van der Waals surface area contributed by atoms with E-state index in [2.05, 4.69) is 10.3 Å². The van der Waals surface area contributed by atoms with Gasteiger partial charge in [0.15, 0.2) is 0 Å². The molecule has 2 aromatic rings. The maximum atomic E-state index is 13.7. The van der Waals surface area contributed by atoms with E-state index in [4.69, 9.17) is 0 Å². The number of amides is 1. The summed E-state index contributed by atoms with van der Waals surface area (Å²) in [5.41, 5.74) is 1.22. The minimum Gasteiger partial charge on any atom is -0.343 e. The Kier molecular flexibility index (Phi) is 3.88. The fraction of sp³-hybridized carbons (Fsp3) is 0.294. The molecule has 1 fully saturated rings. The molecule has 1 heterocycles. The standard InChI is InChI=1S/C17H16F2N2O/c1-10-7-8-20-14(9-10)16(11-5-6-11)21-17(22)15-12(18)3-2-4-13(15)19/h2-4,7-9,11,16H,5-6H2,1H3,(H,21,22). The molecule has 0 bridgehead atoms. The number of nitrogens with one attached hydrogen (secondary N) is 1. The summed E-state index contributed by atoms with van der Waals surface area (Å²) in [7, 11) is 0. The van der Waals surface area contributed by atoms with Gasteiger partial charge in [-0.3, -0.25) is 9.78 Å². The number of benzene rings is 1. The van der Waals surface area contributed by atoms with Crippen LogP contribution in [0.5, 0.6) is 0 Å². The Balaban J connectivity index is 1.87. The highest BCUT2D eigenvalue weighted by Crippen LogP contribution is 2.40. The Labute approximate surface area is 127 Å². The van der Waals surface area contributed by atoms with Gasteiger partial charge in [-0.25, -0.2) is 8.78 Å². The number of hydrogen-bond donors (Lipinski definition) is 1. The van der Waals surface area contributed by atoms with Crippen LogP contribution in [0, 0.1) is 24.5 Å². The van der Waals surface area contributed by atoms with Gasteiger partial charge in [0.25, 0.3) is 5.91 Å². The Bertz CT molecular complexity index is 693. The highest BCUT2D eigenvalue weighted by molar-refractivity contribution is 5.95. The van der Waals surface area contributed by atoms with Crippen molar-refractivity contribution in [2.75, 3.05) is 0 Å². The van der Waals surface area contributed by atoms with Crippen molar-refractivity contribution in [3.63, 3.8) is 0 Å². The quantitative estimate of drug-likeness (QED) is 0.938. The van der Waals surface area contributed by atoms with Crippen molar-refractivity contribution >= 4 is 5.91 Å². The van der Waals surface area contributed by atoms with E-state index in [-0.39, 0.29) is 12.0 Å². The monoisotopic (exact) mass is 302 g/mol. The molecular formula is C17H16F2N2O. The SMILES string of the molecule is Cc1ccnc(C(NC(=O)c2c(F)cccc2F)C2CC2)c1. The van der Waals surface area contributed by atoms with Crippen LogP contribution in [0.25, 0.3) is 0 Å². The van der Waals surface area contributed by atoms with Gasteiger partial charge in [0.05, 0.1) is 11.7 Å². The largest absolute Gasteiger partial charge is 0.343 e. The number of carbonyl (C=O) groups excluding carboxylic acids is 1. The van der Waals surface area contributed by atoms with Crippen LogP contribution in [0.15, 0.2) is 36.5 Å². The molecule has 3 nitrogen and oxygen atoms in total. The molecule has 0 aliphatic heterocycles. The lowest BCUT2D eigenvalue weighted by atomic mass is 10.1. The van der Waals surface area contributed by atoms with Crippen LogP contribution in [0.3, 0.4) is 0 Å². The van der Waals surface area contributed by atoms with Gasteiger partial charge in [-0.15, -0.1) is 0 Å². The van der Waals surface area contributed by atoms with E-state index in [1.807, 2.05) is 19.1 Å². The van der Waals surface area contributed by atoms with E-state index < -0.39 is 23.1 Å². The second kappa shape index (κ2) is 5.83. The third-order valence-corrected chi connectivity index (χ3v) is 3.83. The average molecular weight is 302 g/mol. The Hall–Kier alpha value is -2.30. The summed E-state index contributed by atoms with van der Waals surface area (Å²) < 4.78 is 27.4. The number of pyridine rings is 1. The number of aromatic nitrogens is 1. The van der Waals surface area contributed by atoms with E-state index in [0.29, 0.717) is 0 Å². The molecule has 5 heteroatoms. The molecule has 1 aromatic heterocycles. The smallest absolute Gasteiger partial charge is 0.257 e. The molecule has 1 aliphatic rings. The summed E-state index contributed by atoms with van der Waals surface area (Å²) >= 11 is 0. The van der Waals surface area contributed by atoms with Gasteiger partial charge in [0.2, 0.25) is 0 Å². The van der Waals surface area contributed by atoms with Gasteiger partial charge in [0.1, 0.15) is 17.2 Å². The van der Waals surface area contributed by atoms with Gasteiger partial charge in [-0.05, 0) is 55.5 Å². The van der Waals surface area contributed by atoms with E-state index in [0.717, 1.165) is 36.2 Å². The molecule has 1 atom stereocenters. The molecule has 0 saturated heterocycles. The van der Waals surface area contributed by atoms with Crippen molar-refractivity contribution < 1.29 is 13.6 Å². The van der Waals surface area contributed by atoms with Crippen LogP contribution < -0.4 is 5.32 Å². The number of carbonyl (C=O) groups is 1. The minimum atomic E-state index is -0.857. The number of nitrogens with zero attached hydrogens (tertiary/aromatic N) is 1. The van der Waals surface area contributed by atoms with Gasteiger partial charge >= 0.3 is 0 Å². The van der Waals surface area contributed by atoms with Crippen LogP contribution in [-0.2, 0) is 0 Å². The second-order valence-corrected chi connectivity index (χ2v) is 5.64. The van der Waals surface area contributed by atoms with Crippen LogP contribution in [0.2, 0.25) is 0 Å². The van der Waals surface area contributed by atoms with Crippen LogP contribution in [0.1, 0.15) is 40.5 Å². The molecule has 22 heavy (non-hydrogen) atoms. The number of rotatable bonds is 4. The predicted octanol–water partition coefficient (Wildman–Crippen LogP) is 3.55. The van der Waals surface area contributed by atoms with Crippen molar-refractivity contribution in [2.45, 2.75) is 25.8 Å². The van der Waals surface area contributed by atoms with Gasteiger partial charge in [-0.1, -0.05) is 6.07 Å². The average Bonchev–Trinajstić information content (AvgIpc) is 3.29. The first-order chi connectivity index (χ1) is 10.6. The van der Waals surface area contributed by atoms with Crippen LogP contribution >= 0.6 is 0 Å². The van der Waals surface area contributed by atoms with E-state index >= 15 is 0 Å². The lowest BCUT2D eigenvalue weighted by Crippen LogP contribution is -2.31. The van der Waals surface area contributed by atoms with Crippen molar-refractivity contribution in [1.29, 1.82) is 0 Å². The summed E-state index contributed by atoms with van der Waals surface area (Å²) in [5.74, 6) is -2.18. The number of aryl methyl sites for hydroxylation is 1. The number of halogens is 2. The van der Waals surface area contributed by atoms with Crippen molar-refractivity contribution in [3.05, 3.63) is 65.0 Å². The molecule has 1 saturated carbocycles. The Morgan fingerprint density at radius 2 is 1.95 bits per heavy atom. The van der Waals surface area contributed by atoms with Crippen molar-refractivity contribution in [3.8, 4) is 0 Å². The summed E-state index contributed by atoms with van der Waals surface area (Å²) in [6.45, 7) is 1.94. The molecule has 114 valence electrons. The topological polar surface area (TPSA) is 42.0 Å². The summed E-state index contributed by atoms with van der Waals surface area (Å²) in [6.07, 6.45) is 3.62. The van der Waals surface area contributed by atoms with E-state index in [1.165, 1.54) is 6.07 Å². The fourth-order valence-corrected chi connectivity index (χ4v) is 2.52. The van der Waals surface area contributed by atoms with Gasteiger partial charge in [-0.2, -0.15) is 0 Å². The molecule has 0 spiro atoms. The van der Waals surface area contributed by atoms with Crippen LogP contribution in [0.4, 0.5) is 8.78 Å². The van der Waals surface area contributed by atoms with E-state index in [9.17, 15) is 13.6 Å². The van der Waals surface area contributed by atoms with E-state index in [1.54, 1.807) is 6.20 Å². The lowest BCUT2D eigenvalue weighted by Gasteiger charge is -2.18. The summed E-state index contributed by atoms with van der Waals surface area (Å²) in [5, 5.41) is 2.74. The second-order valence-electron chi connectivity index (χ2n) is 5.64. The molecule has 1 amide bonds. The van der Waals surface area contributed by atoms with Crippen LogP contribution in [-0.4, -0.2) is 10.9 Å². The molecule has 3 rings (SSSR count). The first-order valence-electron chi connectivity index (χ1n) is 7.23. The first kappa shape index (κ1) is 14.6. The first-order valence-corrected chi connectivity index (χ1v) is 7.23. The third kappa shape index (κ3) is 2.98. The normalized spacial score (nSPS) is 15.4. The Morgan fingerprint density at radius 1 is 1.27 bits per heavy atom. The van der Waals surface area contributed by atoms with Gasteiger partial charge < -0.3 is 5.32 Å². The Morgan fingerprint density at radius 3 is 2.55 bits per heavy atom. The predicted molar refractivity (Wildman–Crippen MR) is 78.3 cm³/mol. The molecule has 1 N–H and O–H groups in total. The third-order valence-electron chi connectivity index (χ3n) is 3.83.